The van der Waals surface area contributed by atoms with Gasteiger partial charge in [-0.05, 0) is 53.4 Å². The minimum Gasteiger partial charge on any atom is -0.479 e. The maximum Gasteiger partial charge on any atom is 0.408 e. The molecule has 7 nitrogen and oxygen atoms in total. The van der Waals surface area contributed by atoms with Crippen molar-refractivity contribution in [2.45, 2.75) is 65.1 Å². The first-order valence-corrected chi connectivity index (χ1v) is 7.78. The van der Waals surface area contributed by atoms with Gasteiger partial charge < -0.3 is 19.7 Å². The zero-order valence-electron chi connectivity index (χ0n) is 14.3. The van der Waals surface area contributed by atoms with Crippen molar-refractivity contribution in [2.24, 2.45) is 5.92 Å². The van der Waals surface area contributed by atoms with Gasteiger partial charge in [-0.25, -0.2) is 14.6 Å². The van der Waals surface area contributed by atoms with Crippen molar-refractivity contribution in [3.63, 3.8) is 0 Å². The number of carboxylic acid groups (broad SMARTS) is 1. The third-order valence-corrected chi connectivity index (χ3v) is 3.90. The van der Waals surface area contributed by atoms with Crippen LogP contribution in [0.2, 0.25) is 0 Å². The SMILES string of the molecule is Cc1cn(CC(NC(=O)OC(C)(C)C)(C(=O)O)C2CC2)c(C)n1. The van der Waals surface area contributed by atoms with E-state index < -0.39 is 23.2 Å². The fourth-order valence-corrected chi connectivity index (χ4v) is 2.72. The molecule has 0 bridgehead atoms. The fourth-order valence-electron chi connectivity index (χ4n) is 2.72. The van der Waals surface area contributed by atoms with Gasteiger partial charge in [-0.2, -0.15) is 0 Å². The number of hydrogen-bond donors (Lipinski definition) is 2. The first-order chi connectivity index (χ1) is 10.5. The highest BCUT2D eigenvalue weighted by Gasteiger charge is 2.53. The van der Waals surface area contributed by atoms with Gasteiger partial charge in [-0.15, -0.1) is 0 Å². The third-order valence-electron chi connectivity index (χ3n) is 3.90. The smallest absolute Gasteiger partial charge is 0.408 e. The second-order valence-corrected chi connectivity index (χ2v) is 7.24. The number of amides is 1. The van der Waals surface area contributed by atoms with E-state index >= 15 is 0 Å². The van der Waals surface area contributed by atoms with Crippen molar-refractivity contribution in [3.05, 3.63) is 17.7 Å². The van der Waals surface area contributed by atoms with Crippen molar-refractivity contribution in [3.8, 4) is 0 Å². The average Bonchev–Trinajstić information content (AvgIpc) is 3.14. The van der Waals surface area contributed by atoms with Gasteiger partial charge >= 0.3 is 12.1 Å². The summed E-state index contributed by atoms with van der Waals surface area (Å²) in [6, 6.07) is 0. The zero-order valence-corrected chi connectivity index (χ0v) is 14.3. The first kappa shape index (κ1) is 17.3. The van der Waals surface area contributed by atoms with Crippen molar-refractivity contribution in [1.82, 2.24) is 14.9 Å². The molecule has 1 aromatic heterocycles. The summed E-state index contributed by atoms with van der Waals surface area (Å²) in [5, 5.41) is 12.5. The quantitative estimate of drug-likeness (QED) is 0.867. The third kappa shape index (κ3) is 4.03. The summed E-state index contributed by atoms with van der Waals surface area (Å²) in [4.78, 5) is 28.5. The van der Waals surface area contributed by atoms with Gasteiger partial charge in [0.1, 0.15) is 11.4 Å². The summed E-state index contributed by atoms with van der Waals surface area (Å²) in [7, 11) is 0. The number of aryl methyl sites for hydroxylation is 2. The molecule has 1 aromatic rings. The Morgan fingerprint density at radius 2 is 2.00 bits per heavy atom. The lowest BCUT2D eigenvalue weighted by Gasteiger charge is -2.32. The molecule has 1 amide bonds. The van der Waals surface area contributed by atoms with Crippen LogP contribution in [0.1, 0.15) is 45.1 Å². The molecule has 2 N–H and O–H groups in total. The van der Waals surface area contributed by atoms with E-state index in [1.54, 1.807) is 31.5 Å². The standard InChI is InChI=1S/C16H25N3O4/c1-10-8-19(11(2)17-10)9-16(13(20)21,12-6-7-12)18-14(22)23-15(3,4)5/h8,12H,6-7,9H2,1-5H3,(H,18,22)(H,20,21). The highest BCUT2D eigenvalue weighted by atomic mass is 16.6. The number of ether oxygens (including phenoxy) is 1. The number of nitrogens with one attached hydrogen (secondary N) is 1. The van der Waals surface area contributed by atoms with E-state index in [2.05, 4.69) is 10.3 Å². The lowest BCUT2D eigenvalue weighted by atomic mass is 9.93. The Kier molecular flexibility index (Phi) is 4.41. The Hall–Kier alpha value is -2.05. The van der Waals surface area contributed by atoms with Crippen LogP contribution in [-0.2, 0) is 16.1 Å². The predicted molar refractivity (Wildman–Crippen MR) is 84.2 cm³/mol. The minimum absolute atomic E-state index is 0.102. The van der Waals surface area contributed by atoms with E-state index in [0.29, 0.717) is 0 Å². The van der Waals surface area contributed by atoms with Crippen molar-refractivity contribution < 1.29 is 19.4 Å². The number of carbonyl (C=O) groups is 2. The monoisotopic (exact) mass is 323 g/mol. The van der Waals surface area contributed by atoms with Crippen LogP contribution in [-0.4, -0.2) is 37.9 Å². The van der Waals surface area contributed by atoms with Crippen molar-refractivity contribution in [1.29, 1.82) is 0 Å². The minimum atomic E-state index is -1.37. The summed E-state index contributed by atoms with van der Waals surface area (Å²) < 4.78 is 7.03. The van der Waals surface area contributed by atoms with Gasteiger partial charge in [0, 0.05) is 6.20 Å². The van der Waals surface area contributed by atoms with Crippen LogP contribution in [0, 0.1) is 19.8 Å². The summed E-state index contributed by atoms with van der Waals surface area (Å²) >= 11 is 0. The van der Waals surface area contributed by atoms with Crippen LogP contribution in [0.4, 0.5) is 4.79 Å². The predicted octanol–water partition coefficient (Wildman–Crippen LogP) is 2.26. The van der Waals surface area contributed by atoms with Gasteiger partial charge in [-0.3, -0.25) is 0 Å². The molecule has 7 heteroatoms. The molecule has 1 aliphatic rings. The van der Waals surface area contributed by atoms with E-state index in [4.69, 9.17) is 4.74 Å². The van der Waals surface area contributed by atoms with E-state index in [1.165, 1.54) is 0 Å². The van der Waals surface area contributed by atoms with Gasteiger partial charge in [0.25, 0.3) is 0 Å². The van der Waals surface area contributed by atoms with Gasteiger partial charge in [0.15, 0.2) is 5.54 Å². The normalized spacial score (nSPS) is 17.4. The second kappa shape index (κ2) is 5.86. The molecule has 1 fully saturated rings. The number of hydrogen-bond acceptors (Lipinski definition) is 4. The van der Waals surface area contributed by atoms with Crippen LogP contribution < -0.4 is 5.32 Å². The van der Waals surface area contributed by atoms with E-state index in [1.807, 2.05) is 13.8 Å². The zero-order chi connectivity index (χ0) is 17.4. The van der Waals surface area contributed by atoms with Gasteiger partial charge in [0.05, 0.1) is 12.2 Å². The Bertz CT molecular complexity index is 613. The van der Waals surface area contributed by atoms with Crippen molar-refractivity contribution in [2.75, 3.05) is 0 Å². The number of rotatable bonds is 5. The topological polar surface area (TPSA) is 93.5 Å². The summed E-state index contributed by atoms with van der Waals surface area (Å²) in [6.45, 7) is 9.05. The molecule has 0 saturated heterocycles. The molecule has 23 heavy (non-hydrogen) atoms. The average molecular weight is 323 g/mol. The van der Waals surface area contributed by atoms with Gasteiger partial charge in [0.2, 0.25) is 0 Å². The van der Waals surface area contributed by atoms with Crippen LogP contribution in [0.3, 0.4) is 0 Å². The van der Waals surface area contributed by atoms with Crippen LogP contribution in [0.5, 0.6) is 0 Å². The van der Waals surface area contributed by atoms with E-state index in [9.17, 15) is 14.7 Å². The molecular formula is C16H25N3O4. The molecule has 1 saturated carbocycles. The molecular weight excluding hydrogens is 298 g/mol. The Morgan fingerprint density at radius 1 is 1.39 bits per heavy atom. The van der Waals surface area contributed by atoms with Crippen LogP contribution in [0.15, 0.2) is 6.20 Å². The molecule has 1 heterocycles. The molecule has 0 radical (unpaired) electrons. The lowest BCUT2D eigenvalue weighted by molar-refractivity contribution is -0.146. The second-order valence-electron chi connectivity index (χ2n) is 7.24. The summed E-state index contributed by atoms with van der Waals surface area (Å²) in [6.07, 6.45) is 2.64. The highest BCUT2D eigenvalue weighted by Crippen LogP contribution is 2.41. The van der Waals surface area contributed by atoms with Gasteiger partial charge in [-0.1, -0.05) is 0 Å². The van der Waals surface area contributed by atoms with E-state index in [-0.39, 0.29) is 12.5 Å². The summed E-state index contributed by atoms with van der Waals surface area (Å²) in [5.41, 5.74) is -1.24. The highest BCUT2D eigenvalue weighted by molar-refractivity contribution is 5.85. The maximum absolute atomic E-state index is 12.2. The molecule has 1 atom stereocenters. The molecule has 0 aromatic carbocycles. The lowest BCUT2D eigenvalue weighted by Crippen LogP contribution is -2.59. The van der Waals surface area contributed by atoms with Crippen molar-refractivity contribution >= 4 is 12.1 Å². The van der Waals surface area contributed by atoms with E-state index in [0.717, 1.165) is 24.4 Å². The summed E-state index contributed by atoms with van der Waals surface area (Å²) in [5.74, 6) is -0.425. The number of nitrogens with zero attached hydrogens (tertiary/aromatic N) is 2. The number of aromatic nitrogens is 2. The number of imidazole rings is 1. The maximum atomic E-state index is 12.2. The molecule has 2 rings (SSSR count). The molecule has 128 valence electrons. The molecule has 0 aliphatic heterocycles. The molecule has 1 aliphatic carbocycles. The number of carboxylic acids is 1. The van der Waals surface area contributed by atoms with Crippen LogP contribution in [0.25, 0.3) is 0 Å². The largest absolute Gasteiger partial charge is 0.479 e. The first-order valence-electron chi connectivity index (χ1n) is 7.78. The number of aliphatic carboxylic acids is 1. The number of alkyl carbamates (subject to hydrolysis) is 1. The molecule has 1 unspecified atom stereocenters. The Balaban J connectivity index is 2.27. The number of carbonyl (C=O) groups excluding carboxylic acids is 1. The molecule has 0 spiro atoms. The Morgan fingerprint density at radius 3 is 2.39 bits per heavy atom. The fraction of sp³-hybridized carbons (Fsp3) is 0.688. The van der Waals surface area contributed by atoms with Crippen LogP contribution >= 0.6 is 0 Å². The Labute approximate surface area is 136 Å².